The van der Waals surface area contributed by atoms with E-state index in [1.54, 1.807) is 37.3 Å². The molecule has 1 saturated carbocycles. The summed E-state index contributed by atoms with van der Waals surface area (Å²) in [5.74, 6) is -1.56. The van der Waals surface area contributed by atoms with E-state index >= 15 is 0 Å². The number of hydrogen-bond donors (Lipinski definition) is 2. The minimum atomic E-state index is -3.63. The first-order valence-electron chi connectivity index (χ1n) is 10.4. The molecular formula is C23H27FN2O4S. The number of carbonyl (C=O) groups excluding carboxylic acids is 2. The van der Waals surface area contributed by atoms with E-state index in [9.17, 15) is 22.4 Å². The molecule has 8 heteroatoms. The first-order chi connectivity index (χ1) is 14.7. The summed E-state index contributed by atoms with van der Waals surface area (Å²) < 4.78 is 42.1. The molecule has 1 aliphatic carbocycles. The maximum atomic E-state index is 14.7. The number of rotatable bonds is 7. The Balaban J connectivity index is 1.84. The molecule has 31 heavy (non-hydrogen) atoms. The quantitative estimate of drug-likeness (QED) is 0.636. The lowest BCUT2D eigenvalue weighted by Gasteiger charge is -2.21. The van der Waals surface area contributed by atoms with Crippen LogP contribution in [-0.2, 0) is 10.0 Å². The van der Waals surface area contributed by atoms with E-state index in [0.29, 0.717) is 29.5 Å². The zero-order valence-electron chi connectivity index (χ0n) is 17.7. The molecule has 2 aromatic rings. The molecule has 0 bridgehead atoms. The van der Waals surface area contributed by atoms with Crippen LogP contribution < -0.4 is 10.0 Å². The second-order valence-electron chi connectivity index (χ2n) is 7.86. The highest BCUT2D eigenvalue weighted by atomic mass is 32.2. The largest absolute Gasteiger partial charge is 0.355 e. The van der Waals surface area contributed by atoms with E-state index in [2.05, 4.69) is 10.0 Å². The Morgan fingerprint density at radius 3 is 2.45 bits per heavy atom. The number of amides is 1. The highest BCUT2D eigenvalue weighted by molar-refractivity contribution is 7.90. The SMILES string of the molecule is CNC(=O)c1cccc(-c2cc(C)c(F)c(C(=O)CNS(=O)(=O)C3CCCCC3)c2)c1. The van der Waals surface area contributed by atoms with Crippen molar-refractivity contribution in [2.75, 3.05) is 13.6 Å². The minimum absolute atomic E-state index is 0.174. The van der Waals surface area contributed by atoms with Gasteiger partial charge in [0.2, 0.25) is 10.0 Å². The second-order valence-corrected chi connectivity index (χ2v) is 9.91. The number of Topliss-reactive ketones (excluding diaryl/α,β-unsaturated/α-hetero) is 1. The van der Waals surface area contributed by atoms with Crippen molar-refractivity contribution < 1.29 is 22.4 Å². The highest BCUT2D eigenvalue weighted by Gasteiger charge is 2.28. The minimum Gasteiger partial charge on any atom is -0.355 e. The van der Waals surface area contributed by atoms with Crippen LogP contribution in [-0.4, -0.2) is 39.0 Å². The van der Waals surface area contributed by atoms with E-state index in [0.717, 1.165) is 19.3 Å². The molecule has 0 unspecified atom stereocenters. The maximum Gasteiger partial charge on any atom is 0.251 e. The zero-order chi connectivity index (χ0) is 22.6. The fourth-order valence-corrected chi connectivity index (χ4v) is 5.40. The third-order valence-electron chi connectivity index (χ3n) is 5.67. The van der Waals surface area contributed by atoms with Crippen molar-refractivity contribution in [3.8, 4) is 11.1 Å². The van der Waals surface area contributed by atoms with Crippen LogP contribution in [0.3, 0.4) is 0 Å². The van der Waals surface area contributed by atoms with Crippen molar-refractivity contribution >= 4 is 21.7 Å². The average molecular weight is 447 g/mol. The Hall–Kier alpha value is -2.58. The van der Waals surface area contributed by atoms with Gasteiger partial charge in [-0.15, -0.1) is 0 Å². The predicted molar refractivity (Wildman–Crippen MR) is 118 cm³/mol. The predicted octanol–water partition coefficient (Wildman–Crippen LogP) is 3.60. The van der Waals surface area contributed by atoms with Gasteiger partial charge in [-0.1, -0.05) is 31.4 Å². The first-order valence-corrected chi connectivity index (χ1v) is 11.9. The summed E-state index contributed by atoms with van der Waals surface area (Å²) >= 11 is 0. The van der Waals surface area contributed by atoms with Gasteiger partial charge in [-0.2, -0.15) is 0 Å². The molecule has 2 N–H and O–H groups in total. The van der Waals surface area contributed by atoms with Crippen LogP contribution in [0.4, 0.5) is 4.39 Å². The van der Waals surface area contributed by atoms with Gasteiger partial charge in [0.1, 0.15) is 5.82 Å². The van der Waals surface area contributed by atoms with Crippen molar-refractivity contribution in [3.05, 3.63) is 58.9 Å². The number of carbonyl (C=O) groups is 2. The van der Waals surface area contributed by atoms with Crippen molar-refractivity contribution in [2.45, 2.75) is 44.3 Å². The molecule has 0 spiro atoms. The monoisotopic (exact) mass is 446 g/mol. The molecule has 166 valence electrons. The van der Waals surface area contributed by atoms with E-state index < -0.39 is 33.4 Å². The molecule has 0 heterocycles. The smallest absolute Gasteiger partial charge is 0.251 e. The van der Waals surface area contributed by atoms with E-state index in [-0.39, 0.29) is 17.0 Å². The zero-order valence-corrected chi connectivity index (χ0v) is 18.5. The van der Waals surface area contributed by atoms with E-state index in [1.165, 1.54) is 13.1 Å². The standard InChI is InChI=1S/C23H27FN2O4S/c1-15-11-18(16-7-6-8-17(12-16)23(28)25-2)13-20(22(15)24)21(27)14-26-31(29,30)19-9-4-3-5-10-19/h6-8,11-13,19,26H,3-5,9-10,14H2,1-2H3,(H,25,28). The molecule has 6 nitrogen and oxygen atoms in total. The summed E-state index contributed by atoms with van der Waals surface area (Å²) in [5, 5.41) is 2.05. The van der Waals surface area contributed by atoms with Crippen molar-refractivity contribution in [1.29, 1.82) is 0 Å². The first kappa shape index (κ1) is 23.1. The van der Waals surface area contributed by atoms with Crippen LogP contribution in [0.25, 0.3) is 11.1 Å². The van der Waals surface area contributed by atoms with Crippen LogP contribution >= 0.6 is 0 Å². The Bertz CT molecular complexity index is 1090. The molecule has 1 amide bonds. The number of halogens is 1. The highest BCUT2D eigenvalue weighted by Crippen LogP contribution is 2.27. The molecule has 0 radical (unpaired) electrons. The normalized spacial score (nSPS) is 14.9. The molecule has 0 atom stereocenters. The molecule has 0 aromatic heterocycles. The van der Waals surface area contributed by atoms with Crippen molar-refractivity contribution in [3.63, 3.8) is 0 Å². The lowest BCUT2D eigenvalue weighted by molar-refractivity contribution is 0.0961. The second kappa shape index (κ2) is 9.70. The molecule has 0 aliphatic heterocycles. The summed E-state index contributed by atoms with van der Waals surface area (Å²) in [6, 6.07) is 9.79. The molecular weight excluding hydrogens is 419 g/mol. The lowest BCUT2D eigenvalue weighted by atomic mass is 9.96. The molecule has 3 rings (SSSR count). The molecule has 0 saturated heterocycles. The Morgan fingerprint density at radius 2 is 1.77 bits per heavy atom. The molecule has 1 aliphatic rings. The van der Waals surface area contributed by atoms with Gasteiger partial charge in [0, 0.05) is 12.6 Å². The van der Waals surface area contributed by atoms with Gasteiger partial charge < -0.3 is 5.32 Å². The number of benzene rings is 2. The molecule has 2 aromatic carbocycles. The maximum absolute atomic E-state index is 14.7. The fraction of sp³-hybridized carbons (Fsp3) is 0.391. The summed E-state index contributed by atoms with van der Waals surface area (Å²) in [7, 11) is -2.10. The average Bonchev–Trinajstić information content (AvgIpc) is 2.79. The van der Waals surface area contributed by atoms with Crippen LogP contribution in [0.2, 0.25) is 0 Å². The summed E-state index contributed by atoms with van der Waals surface area (Å²) in [4.78, 5) is 24.6. The van der Waals surface area contributed by atoms with Gasteiger partial charge in [-0.05, 0) is 60.7 Å². The number of ketones is 1. The van der Waals surface area contributed by atoms with Gasteiger partial charge in [-0.25, -0.2) is 17.5 Å². The number of aryl methyl sites for hydroxylation is 1. The third-order valence-corrected chi connectivity index (χ3v) is 7.56. The van der Waals surface area contributed by atoms with Gasteiger partial charge >= 0.3 is 0 Å². The van der Waals surface area contributed by atoms with E-state index in [1.807, 2.05) is 0 Å². The number of sulfonamides is 1. The van der Waals surface area contributed by atoms with Crippen molar-refractivity contribution in [1.82, 2.24) is 10.0 Å². The van der Waals surface area contributed by atoms with Crippen LogP contribution in [0.5, 0.6) is 0 Å². The lowest BCUT2D eigenvalue weighted by Crippen LogP contribution is -2.38. The summed E-state index contributed by atoms with van der Waals surface area (Å²) in [6.07, 6.45) is 3.88. The van der Waals surface area contributed by atoms with Crippen LogP contribution in [0.1, 0.15) is 58.4 Å². The Labute approximate surface area is 182 Å². The van der Waals surface area contributed by atoms with Crippen LogP contribution in [0.15, 0.2) is 36.4 Å². The molecule has 1 fully saturated rings. The van der Waals surface area contributed by atoms with Crippen LogP contribution in [0, 0.1) is 12.7 Å². The Morgan fingerprint density at radius 1 is 1.06 bits per heavy atom. The fourth-order valence-electron chi connectivity index (χ4n) is 3.88. The van der Waals surface area contributed by atoms with Gasteiger partial charge in [0.05, 0.1) is 17.4 Å². The van der Waals surface area contributed by atoms with E-state index in [4.69, 9.17) is 0 Å². The number of hydrogen-bond acceptors (Lipinski definition) is 4. The van der Waals surface area contributed by atoms with Gasteiger partial charge in [-0.3, -0.25) is 9.59 Å². The van der Waals surface area contributed by atoms with Gasteiger partial charge in [0.25, 0.3) is 5.91 Å². The topological polar surface area (TPSA) is 92.3 Å². The third kappa shape index (κ3) is 5.37. The van der Waals surface area contributed by atoms with Crippen molar-refractivity contribution in [2.24, 2.45) is 0 Å². The summed E-state index contributed by atoms with van der Waals surface area (Å²) in [6.45, 7) is 1.06. The number of nitrogens with one attached hydrogen (secondary N) is 2. The summed E-state index contributed by atoms with van der Waals surface area (Å²) in [5.41, 5.74) is 1.76. The Kier molecular flexibility index (Phi) is 7.23. The van der Waals surface area contributed by atoms with Gasteiger partial charge in [0.15, 0.2) is 5.78 Å².